The van der Waals surface area contributed by atoms with Crippen LogP contribution in [0, 0.1) is 18.3 Å². The maximum Gasteiger partial charge on any atom is 0.315 e. The Morgan fingerprint density at radius 3 is 2.58 bits per heavy atom. The number of hydrogen-bond donors (Lipinski definition) is 3. The highest BCUT2D eigenvalue weighted by molar-refractivity contribution is 5.79. The van der Waals surface area contributed by atoms with Crippen molar-refractivity contribution < 1.29 is 9.59 Å². The highest BCUT2D eigenvalue weighted by Crippen LogP contribution is 2.26. The molecule has 104 valence electrons. The SMILES string of the molecule is C#CCNC(=O)N[C@@H]1CCC[C@H](C(=O)NC2CC2)C1. The molecule has 0 aromatic rings. The second-order valence-electron chi connectivity index (χ2n) is 5.37. The van der Waals surface area contributed by atoms with Gasteiger partial charge in [-0.05, 0) is 32.1 Å². The lowest BCUT2D eigenvalue weighted by molar-refractivity contribution is -0.126. The van der Waals surface area contributed by atoms with E-state index in [1.807, 2.05) is 0 Å². The standard InChI is InChI=1S/C14H21N3O2/c1-2-8-15-14(19)17-12-5-3-4-10(9-12)13(18)16-11-6-7-11/h1,10-12H,3-9H2,(H,16,18)(H2,15,17,19)/t10-,12+/m0/s1. The van der Waals surface area contributed by atoms with Gasteiger partial charge in [-0.3, -0.25) is 4.79 Å². The van der Waals surface area contributed by atoms with Crippen LogP contribution in [0.4, 0.5) is 4.79 Å². The molecular weight excluding hydrogens is 242 g/mol. The van der Waals surface area contributed by atoms with Crippen LogP contribution in [0.25, 0.3) is 0 Å². The van der Waals surface area contributed by atoms with E-state index in [2.05, 4.69) is 21.9 Å². The van der Waals surface area contributed by atoms with Crippen LogP contribution < -0.4 is 16.0 Å². The van der Waals surface area contributed by atoms with E-state index in [9.17, 15) is 9.59 Å². The summed E-state index contributed by atoms with van der Waals surface area (Å²) >= 11 is 0. The molecular formula is C14H21N3O2. The zero-order chi connectivity index (χ0) is 13.7. The average Bonchev–Trinajstić information content (AvgIpc) is 3.20. The summed E-state index contributed by atoms with van der Waals surface area (Å²) in [7, 11) is 0. The first-order valence-electron chi connectivity index (χ1n) is 6.97. The Balaban J connectivity index is 1.74. The molecule has 5 heteroatoms. The third-order valence-electron chi connectivity index (χ3n) is 3.65. The molecule has 3 N–H and O–H groups in total. The number of rotatable bonds is 4. The maximum atomic E-state index is 12.0. The molecule has 3 amide bonds. The fourth-order valence-corrected chi connectivity index (χ4v) is 2.47. The van der Waals surface area contributed by atoms with Crippen LogP contribution in [0.2, 0.25) is 0 Å². The second kappa shape index (κ2) is 6.46. The van der Waals surface area contributed by atoms with Gasteiger partial charge < -0.3 is 16.0 Å². The van der Waals surface area contributed by atoms with Gasteiger partial charge in [-0.1, -0.05) is 12.3 Å². The normalized spacial score (nSPS) is 26.1. The summed E-state index contributed by atoms with van der Waals surface area (Å²) < 4.78 is 0. The van der Waals surface area contributed by atoms with Crippen LogP contribution in [0.5, 0.6) is 0 Å². The van der Waals surface area contributed by atoms with E-state index in [0.29, 0.717) is 6.04 Å². The quantitative estimate of drug-likeness (QED) is 0.655. The number of nitrogens with one attached hydrogen (secondary N) is 3. The van der Waals surface area contributed by atoms with Crippen molar-refractivity contribution in [1.29, 1.82) is 0 Å². The van der Waals surface area contributed by atoms with Crippen LogP contribution in [0.15, 0.2) is 0 Å². The van der Waals surface area contributed by atoms with Gasteiger partial charge in [0.2, 0.25) is 5.91 Å². The van der Waals surface area contributed by atoms with Crippen molar-refractivity contribution in [1.82, 2.24) is 16.0 Å². The summed E-state index contributed by atoms with van der Waals surface area (Å²) in [5.41, 5.74) is 0. The third-order valence-corrected chi connectivity index (χ3v) is 3.65. The van der Waals surface area contributed by atoms with Gasteiger partial charge in [-0.2, -0.15) is 0 Å². The van der Waals surface area contributed by atoms with Crippen molar-refractivity contribution in [3.05, 3.63) is 0 Å². The van der Waals surface area contributed by atoms with Gasteiger partial charge in [0.15, 0.2) is 0 Å². The van der Waals surface area contributed by atoms with Crippen molar-refractivity contribution in [2.75, 3.05) is 6.54 Å². The Labute approximate surface area is 113 Å². The molecule has 0 saturated heterocycles. The van der Waals surface area contributed by atoms with Crippen molar-refractivity contribution >= 4 is 11.9 Å². The molecule has 5 nitrogen and oxygen atoms in total. The predicted molar refractivity (Wildman–Crippen MR) is 72.3 cm³/mol. The van der Waals surface area contributed by atoms with Gasteiger partial charge in [0, 0.05) is 18.0 Å². The lowest BCUT2D eigenvalue weighted by Gasteiger charge is -2.29. The Hall–Kier alpha value is -1.70. The molecule has 0 bridgehead atoms. The number of urea groups is 1. The Bertz CT molecular complexity index is 385. The van der Waals surface area contributed by atoms with Crippen molar-refractivity contribution in [3.8, 4) is 12.3 Å². The Kier molecular flexibility index (Phi) is 4.67. The largest absolute Gasteiger partial charge is 0.353 e. The monoisotopic (exact) mass is 263 g/mol. The first-order valence-corrected chi connectivity index (χ1v) is 6.97. The number of carbonyl (C=O) groups is 2. The molecule has 0 heterocycles. The van der Waals surface area contributed by atoms with E-state index < -0.39 is 0 Å². The van der Waals surface area contributed by atoms with E-state index in [1.165, 1.54) is 0 Å². The molecule has 2 aliphatic carbocycles. The third kappa shape index (κ3) is 4.47. The second-order valence-corrected chi connectivity index (χ2v) is 5.37. The molecule has 2 rings (SSSR count). The van der Waals surface area contributed by atoms with Crippen LogP contribution in [0.3, 0.4) is 0 Å². The van der Waals surface area contributed by atoms with Gasteiger partial charge >= 0.3 is 6.03 Å². The van der Waals surface area contributed by atoms with Crippen LogP contribution in [-0.2, 0) is 4.79 Å². The predicted octanol–water partition coefficient (Wildman–Crippen LogP) is 0.756. The van der Waals surface area contributed by atoms with Gasteiger partial charge in [0.1, 0.15) is 0 Å². The summed E-state index contributed by atoms with van der Waals surface area (Å²) in [6.45, 7) is 0.226. The molecule has 2 fully saturated rings. The fourth-order valence-electron chi connectivity index (χ4n) is 2.47. The number of carbonyl (C=O) groups excluding carboxylic acids is 2. The van der Waals surface area contributed by atoms with Crippen LogP contribution in [-0.4, -0.2) is 30.6 Å². The van der Waals surface area contributed by atoms with Crippen molar-refractivity contribution in [2.24, 2.45) is 5.92 Å². The minimum atomic E-state index is -0.244. The van der Waals surface area contributed by atoms with E-state index in [-0.39, 0.29) is 30.4 Å². The van der Waals surface area contributed by atoms with Gasteiger partial charge in [0.25, 0.3) is 0 Å². The first kappa shape index (κ1) is 13.7. The fraction of sp³-hybridized carbons (Fsp3) is 0.714. The minimum Gasteiger partial charge on any atom is -0.353 e. The molecule has 0 spiro atoms. The summed E-state index contributed by atoms with van der Waals surface area (Å²) in [5.74, 6) is 2.54. The zero-order valence-corrected chi connectivity index (χ0v) is 11.1. The molecule has 19 heavy (non-hydrogen) atoms. The molecule has 0 radical (unpaired) electrons. The van der Waals surface area contributed by atoms with Crippen molar-refractivity contribution in [2.45, 2.75) is 50.6 Å². The molecule has 2 aliphatic rings. The number of amides is 3. The average molecular weight is 263 g/mol. The molecule has 0 unspecified atom stereocenters. The maximum absolute atomic E-state index is 12.0. The highest BCUT2D eigenvalue weighted by Gasteiger charge is 2.31. The molecule has 2 saturated carbocycles. The van der Waals surface area contributed by atoms with Crippen LogP contribution >= 0.6 is 0 Å². The van der Waals surface area contributed by atoms with Crippen molar-refractivity contribution in [3.63, 3.8) is 0 Å². The molecule has 0 aromatic heterocycles. The summed E-state index contributed by atoms with van der Waals surface area (Å²) in [6, 6.07) is 0.229. The highest BCUT2D eigenvalue weighted by atomic mass is 16.2. The van der Waals surface area contributed by atoms with Gasteiger partial charge in [0.05, 0.1) is 6.54 Å². The topological polar surface area (TPSA) is 70.2 Å². The smallest absolute Gasteiger partial charge is 0.315 e. The lowest BCUT2D eigenvalue weighted by atomic mass is 9.85. The summed E-state index contributed by atoms with van der Waals surface area (Å²) in [5, 5.41) is 8.50. The summed E-state index contributed by atoms with van der Waals surface area (Å²) in [6.07, 6.45) is 10.8. The first-order chi connectivity index (χ1) is 9.19. The Morgan fingerprint density at radius 1 is 1.11 bits per heavy atom. The lowest BCUT2D eigenvalue weighted by Crippen LogP contribution is -2.46. The number of hydrogen-bond acceptors (Lipinski definition) is 2. The zero-order valence-electron chi connectivity index (χ0n) is 11.1. The van der Waals surface area contributed by atoms with E-state index in [1.54, 1.807) is 0 Å². The van der Waals surface area contributed by atoms with Gasteiger partial charge in [-0.15, -0.1) is 6.42 Å². The van der Waals surface area contributed by atoms with E-state index in [0.717, 1.165) is 38.5 Å². The molecule has 2 atom stereocenters. The van der Waals surface area contributed by atoms with E-state index >= 15 is 0 Å². The van der Waals surface area contributed by atoms with E-state index in [4.69, 9.17) is 6.42 Å². The molecule has 0 aromatic carbocycles. The summed E-state index contributed by atoms with van der Waals surface area (Å²) in [4.78, 5) is 23.5. The van der Waals surface area contributed by atoms with Gasteiger partial charge in [-0.25, -0.2) is 4.79 Å². The molecule has 0 aliphatic heterocycles. The number of terminal acetylenes is 1. The van der Waals surface area contributed by atoms with Crippen LogP contribution in [0.1, 0.15) is 38.5 Å². The Morgan fingerprint density at radius 2 is 1.89 bits per heavy atom. The minimum absolute atomic E-state index is 0.0345.